The lowest BCUT2D eigenvalue weighted by Gasteiger charge is -2.43. The molecule has 1 aliphatic heterocycles. The Bertz CT molecular complexity index is 236. The van der Waals surface area contributed by atoms with Gasteiger partial charge < -0.3 is 15.0 Å². The standard InChI is InChI=1S/C16H32N2O/c1-3-17-13-16(7-5-15(2)6-8-16)14-18-9-4-11-19-12-10-18/h15,17H,3-14H2,1-2H3. The minimum absolute atomic E-state index is 0.521. The first kappa shape index (κ1) is 15.3. The second kappa shape index (κ2) is 7.61. The molecule has 19 heavy (non-hydrogen) atoms. The van der Waals surface area contributed by atoms with Crippen LogP contribution in [-0.2, 0) is 4.74 Å². The maximum absolute atomic E-state index is 5.59. The van der Waals surface area contributed by atoms with Gasteiger partial charge in [-0.1, -0.05) is 26.7 Å². The maximum Gasteiger partial charge on any atom is 0.0593 e. The van der Waals surface area contributed by atoms with Crippen molar-refractivity contribution < 1.29 is 4.74 Å². The number of hydrogen-bond donors (Lipinski definition) is 1. The monoisotopic (exact) mass is 268 g/mol. The maximum atomic E-state index is 5.59. The third-order valence-electron chi connectivity index (χ3n) is 4.96. The van der Waals surface area contributed by atoms with Crippen LogP contribution in [0.5, 0.6) is 0 Å². The van der Waals surface area contributed by atoms with Gasteiger partial charge in [0.25, 0.3) is 0 Å². The van der Waals surface area contributed by atoms with Crippen molar-refractivity contribution in [2.75, 3.05) is 45.9 Å². The molecule has 0 atom stereocenters. The molecule has 2 aliphatic rings. The van der Waals surface area contributed by atoms with E-state index in [1.54, 1.807) is 0 Å². The van der Waals surface area contributed by atoms with Crippen LogP contribution >= 0.6 is 0 Å². The normalized spacial score (nSPS) is 34.1. The van der Waals surface area contributed by atoms with E-state index in [0.717, 1.165) is 32.2 Å². The van der Waals surface area contributed by atoms with Crippen LogP contribution < -0.4 is 5.32 Å². The Labute approximate surface area is 119 Å². The first-order valence-corrected chi connectivity index (χ1v) is 8.25. The molecule has 2 fully saturated rings. The molecule has 0 amide bonds. The van der Waals surface area contributed by atoms with Gasteiger partial charge in [-0.15, -0.1) is 0 Å². The second-order valence-electron chi connectivity index (χ2n) is 6.70. The molecule has 0 bridgehead atoms. The van der Waals surface area contributed by atoms with Gasteiger partial charge in [-0.25, -0.2) is 0 Å². The number of nitrogens with one attached hydrogen (secondary N) is 1. The molecule has 3 heteroatoms. The van der Waals surface area contributed by atoms with Crippen molar-refractivity contribution in [1.82, 2.24) is 10.2 Å². The molecule has 0 aromatic heterocycles. The Morgan fingerprint density at radius 2 is 2.00 bits per heavy atom. The molecule has 1 aliphatic carbocycles. The van der Waals surface area contributed by atoms with Crippen LogP contribution in [0.15, 0.2) is 0 Å². The van der Waals surface area contributed by atoms with Crippen molar-refractivity contribution in [3.8, 4) is 0 Å². The third kappa shape index (κ3) is 4.73. The first-order valence-electron chi connectivity index (χ1n) is 8.25. The van der Waals surface area contributed by atoms with Crippen LogP contribution in [0.3, 0.4) is 0 Å². The lowest BCUT2D eigenvalue weighted by molar-refractivity contribution is 0.0816. The van der Waals surface area contributed by atoms with Gasteiger partial charge in [-0.05, 0) is 37.1 Å². The summed E-state index contributed by atoms with van der Waals surface area (Å²) in [5.41, 5.74) is 0.521. The van der Waals surface area contributed by atoms with Crippen molar-refractivity contribution in [2.24, 2.45) is 11.3 Å². The van der Waals surface area contributed by atoms with E-state index in [9.17, 15) is 0 Å². The summed E-state index contributed by atoms with van der Waals surface area (Å²) in [7, 11) is 0. The van der Waals surface area contributed by atoms with Crippen LogP contribution in [0.2, 0.25) is 0 Å². The van der Waals surface area contributed by atoms with Gasteiger partial charge in [-0.3, -0.25) is 0 Å². The predicted octanol–water partition coefficient (Wildman–Crippen LogP) is 2.51. The van der Waals surface area contributed by atoms with Crippen molar-refractivity contribution in [1.29, 1.82) is 0 Å². The SMILES string of the molecule is CCNCC1(CN2CCCOCC2)CCC(C)CC1. The Kier molecular flexibility index (Phi) is 6.11. The molecule has 1 N–H and O–H groups in total. The summed E-state index contributed by atoms with van der Waals surface area (Å²) < 4.78 is 5.59. The molecule has 0 radical (unpaired) electrons. The molecule has 1 saturated heterocycles. The van der Waals surface area contributed by atoms with Gasteiger partial charge in [0.2, 0.25) is 0 Å². The first-order chi connectivity index (χ1) is 9.24. The van der Waals surface area contributed by atoms with Crippen LogP contribution in [-0.4, -0.2) is 50.8 Å². The Hall–Kier alpha value is -0.120. The van der Waals surface area contributed by atoms with Crippen molar-refractivity contribution in [2.45, 2.75) is 46.0 Å². The van der Waals surface area contributed by atoms with Crippen molar-refractivity contribution >= 4 is 0 Å². The second-order valence-corrected chi connectivity index (χ2v) is 6.70. The van der Waals surface area contributed by atoms with E-state index >= 15 is 0 Å². The molecule has 2 rings (SSSR count). The Morgan fingerprint density at radius 3 is 2.74 bits per heavy atom. The fourth-order valence-electron chi connectivity index (χ4n) is 3.59. The van der Waals surface area contributed by atoms with E-state index in [0.29, 0.717) is 5.41 Å². The topological polar surface area (TPSA) is 24.5 Å². The van der Waals surface area contributed by atoms with Crippen molar-refractivity contribution in [3.05, 3.63) is 0 Å². The van der Waals surface area contributed by atoms with Crippen LogP contribution in [0.25, 0.3) is 0 Å². The summed E-state index contributed by atoms with van der Waals surface area (Å²) in [4.78, 5) is 2.65. The molecule has 112 valence electrons. The van der Waals surface area contributed by atoms with E-state index in [-0.39, 0.29) is 0 Å². The van der Waals surface area contributed by atoms with Gasteiger partial charge in [0.05, 0.1) is 6.61 Å². The van der Waals surface area contributed by atoms with Gasteiger partial charge in [-0.2, -0.15) is 0 Å². The van der Waals surface area contributed by atoms with Crippen LogP contribution in [0, 0.1) is 11.3 Å². The van der Waals surface area contributed by atoms with E-state index in [2.05, 4.69) is 24.1 Å². The van der Waals surface area contributed by atoms with E-state index < -0.39 is 0 Å². The van der Waals surface area contributed by atoms with Crippen LogP contribution in [0.4, 0.5) is 0 Å². The molecule has 3 nitrogen and oxygen atoms in total. The zero-order valence-electron chi connectivity index (χ0n) is 12.9. The van der Waals surface area contributed by atoms with Crippen LogP contribution in [0.1, 0.15) is 46.0 Å². The van der Waals surface area contributed by atoms with E-state index in [1.807, 2.05) is 0 Å². The molecule has 0 unspecified atom stereocenters. The summed E-state index contributed by atoms with van der Waals surface area (Å²) in [6, 6.07) is 0. The van der Waals surface area contributed by atoms with Gasteiger partial charge in [0, 0.05) is 32.8 Å². The highest BCUT2D eigenvalue weighted by Gasteiger charge is 2.35. The molecular formula is C16H32N2O. The molecule has 1 saturated carbocycles. The molecule has 0 aromatic carbocycles. The quantitative estimate of drug-likeness (QED) is 0.829. The lowest BCUT2D eigenvalue weighted by atomic mass is 9.70. The fraction of sp³-hybridized carbons (Fsp3) is 1.00. The van der Waals surface area contributed by atoms with E-state index in [4.69, 9.17) is 4.74 Å². The minimum Gasteiger partial charge on any atom is -0.380 e. The molecule has 0 aromatic rings. The average molecular weight is 268 g/mol. The van der Waals surface area contributed by atoms with E-state index in [1.165, 1.54) is 51.7 Å². The molecular weight excluding hydrogens is 236 g/mol. The summed E-state index contributed by atoms with van der Waals surface area (Å²) in [6.45, 7) is 12.4. The highest BCUT2D eigenvalue weighted by Crippen LogP contribution is 2.39. The highest BCUT2D eigenvalue weighted by atomic mass is 16.5. The molecule has 1 heterocycles. The summed E-state index contributed by atoms with van der Waals surface area (Å²) >= 11 is 0. The Morgan fingerprint density at radius 1 is 1.21 bits per heavy atom. The average Bonchev–Trinajstić information content (AvgIpc) is 2.68. The van der Waals surface area contributed by atoms with Gasteiger partial charge in [0.1, 0.15) is 0 Å². The predicted molar refractivity (Wildman–Crippen MR) is 80.5 cm³/mol. The zero-order valence-corrected chi connectivity index (χ0v) is 12.9. The van der Waals surface area contributed by atoms with Crippen molar-refractivity contribution in [3.63, 3.8) is 0 Å². The fourth-order valence-corrected chi connectivity index (χ4v) is 3.59. The number of nitrogens with zero attached hydrogens (tertiary/aromatic N) is 1. The zero-order chi connectivity index (χ0) is 13.6. The largest absolute Gasteiger partial charge is 0.380 e. The summed E-state index contributed by atoms with van der Waals surface area (Å²) in [6.07, 6.45) is 6.83. The number of ether oxygens (including phenoxy) is 1. The Balaban J connectivity index is 1.92. The number of rotatable bonds is 5. The summed E-state index contributed by atoms with van der Waals surface area (Å²) in [5.74, 6) is 0.933. The third-order valence-corrected chi connectivity index (χ3v) is 4.96. The minimum atomic E-state index is 0.521. The smallest absolute Gasteiger partial charge is 0.0593 e. The van der Waals surface area contributed by atoms with Gasteiger partial charge in [0.15, 0.2) is 0 Å². The molecule has 0 spiro atoms. The number of hydrogen-bond acceptors (Lipinski definition) is 3. The highest BCUT2D eigenvalue weighted by molar-refractivity contribution is 4.89. The van der Waals surface area contributed by atoms with Gasteiger partial charge >= 0.3 is 0 Å². The lowest BCUT2D eigenvalue weighted by Crippen LogP contribution is -2.46. The summed E-state index contributed by atoms with van der Waals surface area (Å²) in [5, 5.41) is 3.62.